The Balaban J connectivity index is 1.18. The van der Waals surface area contributed by atoms with Crippen LogP contribution >= 0.6 is 0 Å². The third kappa shape index (κ3) is 7.72. The number of carbonyl (C=O) groups is 1. The number of nitrogens with zero attached hydrogens (tertiary/aromatic N) is 5. The molecule has 3 aromatic carbocycles. The molecule has 0 bridgehead atoms. The third-order valence-electron chi connectivity index (χ3n) is 8.04. The van der Waals surface area contributed by atoms with E-state index in [1.54, 1.807) is 43.0 Å². The van der Waals surface area contributed by atoms with Gasteiger partial charge in [0.1, 0.15) is 30.2 Å². The average molecular weight is 669 g/mol. The molecule has 3 heterocycles. The molecule has 0 saturated heterocycles. The number of rotatable bonds is 8. The number of aryl methyl sites for hydroxylation is 1. The van der Waals surface area contributed by atoms with E-state index in [9.17, 15) is 18.0 Å². The van der Waals surface area contributed by atoms with Crippen LogP contribution in [0.25, 0.3) is 10.8 Å². The van der Waals surface area contributed by atoms with Gasteiger partial charge in [-0.05, 0) is 54.4 Å². The fraction of sp³-hybridized carbons (Fsp3) is 0.250. The van der Waals surface area contributed by atoms with Gasteiger partial charge in [-0.3, -0.25) is 4.98 Å². The van der Waals surface area contributed by atoms with Crippen LogP contribution in [0.3, 0.4) is 0 Å². The number of fused-ring (bicyclic) bond motifs is 1. The van der Waals surface area contributed by atoms with Gasteiger partial charge in [0.25, 0.3) is 0 Å². The SMILES string of the molecule is Cc1ccc(N2N=C(C(C)(C)C)CC2NC(=O)Nc2ccc(OCc3ccnc(Nc4cnccn4)c3)c3ccccc23)cc1C(F)(F)F. The summed E-state index contributed by atoms with van der Waals surface area (Å²) in [6.45, 7) is 7.60. The summed E-state index contributed by atoms with van der Waals surface area (Å²) in [5.41, 5.74) is 1.41. The van der Waals surface area contributed by atoms with Crippen LogP contribution in [-0.2, 0) is 12.8 Å². The lowest BCUT2D eigenvalue weighted by atomic mass is 9.88. The Morgan fingerprint density at radius 3 is 2.45 bits per heavy atom. The zero-order valence-corrected chi connectivity index (χ0v) is 27.3. The highest BCUT2D eigenvalue weighted by Gasteiger charge is 2.37. The monoisotopic (exact) mass is 668 g/mol. The number of carbonyl (C=O) groups excluding carboxylic acids is 1. The van der Waals surface area contributed by atoms with Gasteiger partial charge in [0.2, 0.25) is 0 Å². The molecule has 1 atom stereocenters. The number of aromatic nitrogens is 3. The van der Waals surface area contributed by atoms with E-state index in [0.717, 1.165) is 28.1 Å². The van der Waals surface area contributed by atoms with Crippen molar-refractivity contribution in [2.75, 3.05) is 15.6 Å². The number of ether oxygens (including phenoxy) is 1. The van der Waals surface area contributed by atoms with Crippen molar-refractivity contribution in [1.82, 2.24) is 20.3 Å². The minimum absolute atomic E-state index is 0.109. The van der Waals surface area contributed by atoms with Crippen molar-refractivity contribution in [3.63, 3.8) is 0 Å². The van der Waals surface area contributed by atoms with E-state index in [1.165, 1.54) is 18.0 Å². The molecule has 0 radical (unpaired) electrons. The highest BCUT2D eigenvalue weighted by molar-refractivity contribution is 6.04. The summed E-state index contributed by atoms with van der Waals surface area (Å²) in [5.74, 6) is 1.78. The van der Waals surface area contributed by atoms with Crippen LogP contribution in [0.2, 0.25) is 0 Å². The van der Waals surface area contributed by atoms with Crippen molar-refractivity contribution < 1.29 is 22.7 Å². The summed E-state index contributed by atoms with van der Waals surface area (Å²) >= 11 is 0. The Morgan fingerprint density at radius 1 is 0.939 bits per heavy atom. The first kappa shape index (κ1) is 33.2. The van der Waals surface area contributed by atoms with Gasteiger partial charge in [-0.15, -0.1) is 0 Å². The fourth-order valence-corrected chi connectivity index (χ4v) is 5.48. The molecule has 10 nitrogen and oxygen atoms in total. The van der Waals surface area contributed by atoms with Crippen LogP contribution in [0, 0.1) is 12.3 Å². The second-order valence-corrected chi connectivity index (χ2v) is 12.7. The summed E-state index contributed by atoms with van der Waals surface area (Å²) < 4.78 is 47.5. The van der Waals surface area contributed by atoms with E-state index < -0.39 is 23.9 Å². The topological polar surface area (TPSA) is 117 Å². The first-order valence-corrected chi connectivity index (χ1v) is 15.6. The molecule has 2 amide bonds. The predicted octanol–water partition coefficient (Wildman–Crippen LogP) is 8.43. The molecule has 252 valence electrons. The van der Waals surface area contributed by atoms with E-state index >= 15 is 0 Å². The van der Waals surface area contributed by atoms with Gasteiger partial charge in [-0.1, -0.05) is 51.1 Å². The predicted molar refractivity (Wildman–Crippen MR) is 184 cm³/mol. The molecule has 3 N–H and O–H groups in total. The number of pyridine rings is 1. The molecule has 5 aromatic rings. The number of halogens is 3. The Bertz CT molecular complexity index is 2010. The standard InChI is InChI=1S/C36H35F3N8O2/c1-22-9-10-24(18-27(22)36(37,38)39)47-33(19-30(46-47)35(2,3)4)45-34(48)43-28-11-12-29(26-8-6-5-7-25(26)28)49-21-23-13-14-41-31(17-23)44-32-20-40-15-16-42-32/h5-18,20,33H,19,21H2,1-4H3,(H,41,42,44)(H2,43,45,48). The van der Waals surface area contributed by atoms with E-state index in [-0.39, 0.29) is 23.3 Å². The minimum atomic E-state index is -4.52. The van der Waals surface area contributed by atoms with Crippen molar-refractivity contribution in [2.24, 2.45) is 10.5 Å². The molecule has 0 aliphatic carbocycles. The van der Waals surface area contributed by atoms with Crippen LogP contribution in [0.15, 0.2) is 96.6 Å². The molecule has 1 aliphatic rings. The Kier molecular flexibility index (Phi) is 9.09. The highest BCUT2D eigenvalue weighted by Crippen LogP contribution is 2.37. The number of hydrazone groups is 1. The maximum Gasteiger partial charge on any atom is 0.416 e. The van der Waals surface area contributed by atoms with Crippen LogP contribution < -0.4 is 25.7 Å². The van der Waals surface area contributed by atoms with Crippen molar-refractivity contribution in [3.8, 4) is 5.75 Å². The zero-order valence-electron chi connectivity index (χ0n) is 27.3. The maximum absolute atomic E-state index is 13.8. The summed E-state index contributed by atoms with van der Waals surface area (Å²) in [7, 11) is 0. The average Bonchev–Trinajstić information content (AvgIpc) is 3.49. The molecular weight excluding hydrogens is 633 g/mol. The Morgan fingerprint density at radius 2 is 1.71 bits per heavy atom. The molecular formula is C36H35F3N8O2. The number of urea groups is 1. The van der Waals surface area contributed by atoms with E-state index in [4.69, 9.17) is 4.74 Å². The molecule has 1 unspecified atom stereocenters. The lowest BCUT2D eigenvalue weighted by Crippen LogP contribution is -2.45. The fourth-order valence-electron chi connectivity index (χ4n) is 5.48. The zero-order chi connectivity index (χ0) is 34.8. The molecule has 13 heteroatoms. The number of benzene rings is 3. The normalized spacial score (nSPS) is 14.8. The van der Waals surface area contributed by atoms with Crippen molar-refractivity contribution in [2.45, 2.75) is 53.1 Å². The molecule has 1 aliphatic heterocycles. The molecule has 0 fully saturated rings. The number of alkyl halides is 3. The van der Waals surface area contributed by atoms with E-state index in [1.807, 2.05) is 57.2 Å². The number of nitrogens with one attached hydrogen (secondary N) is 3. The van der Waals surface area contributed by atoms with Crippen molar-refractivity contribution in [3.05, 3.63) is 108 Å². The van der Waals surface area contributed by atoms with Gasteiger partial charge < -0.3 is 20.7 Å². The number of amides is 2. The highest BCUT2D eigenvalue weighted by atomic mass is 19.4. The minimum Gasteiger partial charge on any atom is -0.488 e. The number of hydrogen-bond donors (Lipinski definition) is 3. The lowest BCUT2D eigenvalue weighted by molar-refractivity contribution is -0.138. The lowest BCUT2D eigenvalue weighted by Gasteiger charge is -2.26. The van der Waals surface area contributed by atoms with Crippen molar-refractivity contribution in [1.29, 1.82) is 0 Å². The van der Waals surface area contributed by atoms with Gasteiger partial charge in [0.05, 0.1) is 23.1 Å². The quantitative estimate of drug-likeness (QED) is 0.152. The second-order valence-electron chi connectivity index (χ2n) is 12.7. The Labute approximate surface area is 281 Å². The van der Waals surface area contributed by atoms with Gasteiger partial charge in [-0.25, -0.2) is 19.8 Å². The molecule has 6 rings (SSSR count). The third-order valence-corrected chi connectivity index (χ3v) is 8.04. The smallest absolute Gasteiger partial charge is 0.416 e. The summed E-state index contributed by atoms with van der Waals surface area (Å²) in [6, 6.07) is 18.3. The second kappa shape index (κ2) is 13.4. The van der Waals surface area contributed by atoms with Crippen LogP contribution in [0.4, 0.5) is 41.0 Å². The Hall–Kier alpha value is -5.72. The summed E-state index contributed by atoms with van der Waals surface area (Å²) in [6.07, 6.45) is 1.56. The summed E-state index contributed by atoms with van der Waals surface area (Å²) in [4.78, 5) is 26.0. The molecule has 0 saturated carbocycles. The largest absolute Gasteiger partial charge is 0.488 e. The van der Waals surface area contributed by atoms with Crippen LogP contribution in [0.5, 0.6) is 5.75 Å². The van der Waals surface area contributed by atoms with Crippen molar-refractivity contribution >= 4 is 45.5 Å². The van der Waals surface area contributed by atoms with Gasteiger partial charge in [0.15, 0.2) is 0 Å². The molecule has 0 spiro atoms. The summed E-state index contributed by atoms with van der Waals surface area (Å²) in [5, 5.41) is 16.6. The van der Waals surface area contributed by atoms with E-state index in [0.29, 0.717) is 29.5 Å². The van der Waals surface area contributed by atoms with Crippen LogP contribution in [-0.4, -0.2) is 32.9 Å². The molecule has 2 aromatic heterocycles. The first-order chi connectivity index (χ1) is 23.3. The van der Waals surface area contributed by atoms with Crippen LogP contribution in [0.1, 0.15) is 43.9 Å². The first-order valence-electron chi connectivity index (χ1n) is 15.6. The maximum atomic E-state index is 13.8. The number of hydrogen-bond acceptors (Lipinski definition) is 8. The number of anilines is 4. The van der Waals surface area contributed by atoms with Gasteiger partial charge >= 0.3 is 12.2 Å². The van der Waals surface area contributed by atoms with Gasteiger partial charge in [-0.2, -0.15) is 18.3 Å². The van der Waals surface area contributed by atoms with Gasteiger partial charge in [0, 0.05) is 46.9 Å². The molecule has 49 heavy (non-hydrogen) atoms. The van der Waals surface area contributed by atoms with E-state index in [2.05, 4.69) is 36.0 Å².